The summed E-state index contributed by atoms with van der Waals surface area (Å²) in [6, 6.07) is 7.60. The van der Waals surface area contributed by atoms with Gasteiger partial charge in [-0.3, -0.25) is 4.31 Å². The topological polar surface area (TPSA) is 78.4 Å². The van der Waals surface area contributed by atoms with Crippen LogP contribution in [0.5, 0.6) is 0 Å². The van der Waals surface area contributed by atoms with Crippen LogP contribution in [0.25, 0.3) is 0 Å². The van der Waals surface area contributed by atoms with E-state index in [1.807, 2.05) is 43.1 Å². The van der Waals surface area contributed by atoms with E-state index < -0.39 is 10.0 Å². The van der Waals surface area contributed by atoms with Crippen molar-refractivity contribution in [2.45, 2.75) is 19.4 Å². The monoisotopic (exact) mass is 395 g/mol. The number of hydrogen-bond acceptors (Lipinski definition) is 6. The molecule has 1 fully saturated rings. The predicted molar refractivity (Wildman–Crippen MR) is 106 cm³/mol. The molecule has 0 spiro atoms. The van der Waals surface area contributed by atoms with Crippen LogP contribution in [0.3, 0.4) is 0 Å². The van der Waals surface area contributed by atoms with Gasteiger partial charge in [-0.05, 0) is 31.0 Å². The summed E-state index contributed by atoms with van der Waals surface area (Å²) in [5, 5.41) is 3.41. The zero-order chi connectivity index (χ0) is 18.9. The van der Waals surface area contributed by atoms with E-state index in [1.165, 1.54) is 4.31 Å². The van der Waals surface area contributed by atoms with Gasteiger partial charge in [0, 0.05) is 20.6 Å². The van der Waals surface area contributed by atoms with Crippen molar-refractivity contribution >= 4 is 39.1 Å². The van der Waals surface area contributed by atoms with E-state index >= 15 is 0 Å². The average molecular weight is 396 g/mol. The summed E-state index contributed by atoms with van der Waals surface area (Å²) in [4.78, 5) is 10.7. The molecule has 2 aromatic rings. The number of aromatic nitrogens is 2. The van der Waals surface area contributed by atoms with E-state index in [4.69, 9.17) is 11.6 Å². The minimum atomic E-state index is -3.16. The lowest BCUT2D eigenvalue weighted by Crippen LogP contribution is -2.26. The van der Waals surface area contributed by atoms with Crippen molar-refractivity contribution in [3.05, 3.63) is 41.0 Å². The van der Waals surface area contributed by atoms with Crippen molar-refractivity contribution in [3.8, 4) is 0 Å². The number of benzene rings is 1. The molecule has 0 amide bonds. The molecule has 1 aromatic carbocycles. The largest absolute Gasteiger partial charge is 0.372 e. The van der Waals surface area contributed by atoms with Gasteiger partial charge in [0.05, 0.1) is 23.7 Å². The first kappa shape index (κ1) is 18.7. The van der Waals surface area contributed by atoms with Gasteiger partial charge in [0.15, 0.2) is 0 Å². The molecule has 1 saturated heterocycles. The molecular formula is C17H22ClN5O2S. The van der Waals surface area contributed by atoms with Gasteiger partial charge >= 0.3 is 0 Å². The second-order valence-corrected chi connectivity index (χ2v) is 8.66. The fourth-order valence-corrected chi connectivity index (χ4v) is 4.70. The second kappa shape index (κ2) is 7.28. The van der Waals surface area contributed by atoms with Crippen LogP contribution in [0, 0.1) is 0 Å². The number of hydrogen-bond donors (Lipinski definition) is 1. The van der Waals surface area contributed by atoms with Gasteiger partial charge in [0.1, 0.15) is 10.8 Å². The Bertz CT molecular complexity index is 889. The van der Waals surface area contributed by atoms with Crippen LogP contribution in [-0.4, -0.2) is 44.8 Å². The van der Waals surface area contributed by atoms with Crippen LogP contribution in [0.2, 0.25) is 5.02 Å². The van der Waals surface area contributed by atoms with Crippen molar-refractivity contribution in [2.24, 2.45) is 0 Å². The summed E-state index contributed by atoms with van der Waals surface area (Å²) in [5.41, 5.74) is 1.75. The highest BCUT2D eigenvalue weighted by atomic mass is 35.5. The minimum absolute atomic E-state index is 0.00474. The van der Waals surface area contributed by atoms with Crippen molar-refractivity contribution in [1.29, 1.82) is 0 Å². The Morgan fingerprint density at radius 2 is 2.00 bits per heavy atom. The molecule has 1 unspecified atom stereocenters. The van der Waals surface area contributed by atoms with Crippen molar-refractivity contribution < 1.29 is 8.42 Å². The molecule has 0 bridgehead atoms. The van der Waals surface area contributed by atoms with Gasteiger partial charge in [0.2, 0.25) is 16.0 Å². The molecule has 0 aliphatic carbocycles. The average Bonchev–Trinajstić information content (AvgIpc) is 3.00. The highest BCUT2D eigenvalue weighted by Gasteiger charge is 2.28. The Morgan fingerprint density at radius 3 is 2.58 bits per heavy atom. The third-order valence-corrected chi connectivity index (χ3v) is 6.77. The molecule has 0 radical (unpaired) electrons. The standard InChI is InChI=1S/C17H22ClN5O2S/c1-12(22(3)17-20-11-15(18)16(19-2)21-17)13-5-7-14(8-6-13)23-9-4-10-26(23,24)25/h5-8,11-12H,4,9-10H2,1-3H3,(H,19,20,21). The van der Waals surface area contributed by atoms with Crippen LogP contribution in [0.15, 0.2) is 30.5 Å². The Hall–Kier alpha value is -2.06. The lowest BCUT2D eigenvalue weighted by molar-refractivity contribution is 0.599. The number of rotatable bonds is 5. The lowest BCUT2D eigenvalue weighted by Gasteiger charge is -2.26. The molecule has 140 valence electrons. The molecule has 9 heteroatoms. The fourth-order valence-electron chi connectivity index (χ4n) is 2.95. The van der Waals surface area contributed by atoms with Gasteiger partial charge in [0.25, 0.3) is 0 Å². The van der Waals surface area contributed by atoms with Gasteiger partial charge < -0.3 is 10.2 Å². The maximum Gasteiger partial charge on any atom is 0.235 e. The first-order chi connectivity index (χ1) is 12.3. The van der Waals surface area contributed by atoms with Crippen LogP contribution < -0.4 is 14.5 Å². The van der Waals surface area contributed by atoms with E-state index in [1.54, 1.807) is 13.2 Å². The zero-order valence-corrected chi connectivity index (χ0v) is 16.5. The smallest absolute Gasteiger partial charge is 0.235 e. The van der Waals surface area contributed by atoms with Crippen LogP contribution in [0.4, 0.5) is 17.5 Å². The summed E-state index contributed by atoms with van der Waals surface area (Å²) in [7, 11) is 0.505. The number of halogens is 1. The zero-order valence-electron chi connectivity index (χ0n) is 15.0. The molecule has 1 aromatic heterocycles. The van der Waals surface area contributed by atoms with Crippen molar-refractivity contribution in [3.63, 3.8) is 0 Å². The molecule has 1 N–H and O–H groups in total. The third-order valence-electron chi connectivity index (χ3n) is 4.63. The molecule has 0 saturated carbocycles. The maximum atomic E-state index is 12.0. The predicted octanol–water partition coefficient (Wildman–Crippen LogP) is 2.91. The Kier molecular flexibility index (Phi) is 5.24. The molecule has 26 heavy (non-hydrogen) atoms. The van der Waals surface area contributed by atoms with Crippen LogP contribution >= 0.6 is 11.6 Å². The molecule has 7 nitrogen and oxygen atoms in total. The second-order valence-electron chi connectivity index (χ2n) is 6.24. The van der Waals surface area contributed by atoms with E-state index in [9.17, 15) is 8.42 Å². The van der Waals surface area contributed by atoms with Gasteiger partial charge in [-0.1, -0.05) is 23.7 Å². The summed E-state index contributed by atoms with van der Waals surface area (Å²) >= 11 is 6.04. The molecule has 1 aliphatic heterocycles. The quantitative estimate of drug-likeness (QED) is 0.838. The minimum Gasteiger partial charge on any atom is -0.372 e. The molecule has 1 atom stereocenters. The van der Waals surface area contributed by atoms with Crippen LogP contribution in [0.1, 0.15) is 24.9 Å². The Labute approximate surface area is 159 Å². The molecule has 1 aliphatic rings. The normalized spacial score (nSPS) is 17.2. The number of anilines is 3. The Morgan fingerprint density at radius 1 is 1.31 bits per heavy atom. The van der Waals surface area contributed by atoms with E-state index in [2.05, 4.69) is 15.3 Å². The summed E-state index contributed by atoms with van der Waals surface area (Å²) in [6.45, 7) is 2.58. The SMILES string of the molecule is CNc1nc(N(C)C(C)c2ccc(N3CCCS3(=O)=O)cc2)ncc1Cl. The summed E-state index contributed by atoms with van der Waals surface area (Å²) < 4.78 is 25.6. The van der Waals surface area contributed by atoms with E-state index in [0.717, 1.165) is 5.56 Å². The van der Waals surface area contributed by atoms with Gasteiger partial charge in [-0.15, -0.1) is 0 Å². The summed E-state index contributed by atoms with van der Waals surface area (Å²) in [5.74, 6) is 1.35. The van der Waals surface area contributed by atoms with E-state index in [0.29, 0.717) is 35.4 Å². The number of sulfonamides is 1. The lowest BCUT2D eigenvalue weighted by atomic mass is 10.1. The first-order valence-electron chi connectivity index (χ1n) is 8.37. The number of nitrogens with zero attached hydrogens (tertiary/aromatic N) is 4. The van der Waals surface area contributed by atoms with Crippen molar-refractivity contribution in [1.82, 2.24) is 9.97 Å². The van der Waals surface area contributed by atoms with E-state index in [-0.39, 0.29) is 11.8 Å². The molecule has 3 rings (SSSR count). The van der Waals surface area contributed by atoms with Gasteiger partial charge in [-0.2, -0.15) is 4.98 Å². The molecular weight excluding hydrogens is 374 g/mol. The van der Waals surface area contributed by atoms with Crippen molar-refractivity contribution in [2.75, 3.05) is 40.9 Å². The highest BCUT2D eigenvalue weighted by Crippen LogP contribution is 2.29. The number of nitrogens with one attached hydrogen (secondary N) is 1. The summed E-state index contributed by atoms with van der Waals surface area (Å²) in [6.07, 6.45) is 2.24. The third kappa shape index (κ3) is 3.57. The maximum absolute atomic E-state index is 12.0. The first-order valence-corrected chi connectivity index (χ1v) is 10.4. The molecule has 2 heterocycles. The highest BCUT2D eigenvalue weighted by molar-refractivity contribution is 7.93. The fraction of sp³-hybridized carbons (Fsp3) is 0.412. The Balaban J connectivity index is 1.80. The van der Waals surface area contributed by atoms with Gasteiger partial charge in [-0.25, -0.2) is 13.4 Å². The van der Waals surface area contributed by atoms with Crippen LogP contribution in [-0.2, 0) is 10.0 Å².